The molecular weight excluding hydrogens is 358 g/mol. The molecule has 28 heavy (non-hydrogen) atoms. The number of rotatable bonds is 6. The number of benzene rings is 1. The van der Waals surface area contributed by atoms with E-state index >= 15 is 0 Å². The number of hydrogen-bond donors (Lipinski definition) is 1. The zero-order valence-corrected chi connectivity index (χ0v) is 16.0. The summed E-state index contributed by atoms with van der Waals surface area (Å²) in [7, 11) is 1.63. The van der Waals surface area contributed by atoms with Crippen LogP contribution in [0.25, 0.3) is 0 Å². The van der Waals surface area contributed by atoms with Crippen LogP contribution in [0.3, 0.4) is 0 Å². The summed E-state index contributed by atoms with van der Waals surface area (Å²) < 4.78 is 9.99. The van der Waals surface area contributed by atoms with Crippen LogP contribution in [0.4, 0.5) is 5.69 Å². The number of esters is 1. The van der Waals surface area contributed by atoms with E-state index in [-0.39, 0.29) is 23.6 Å². The lowest BCUT2D eigenvalue weighted by Crippen LogP contribution is -2.47. The molecule has 8 nitrogen and oxygen atoms in total. The first kappa shape index (κ1) is 20.7. The fourth-order valence-electron chi connectivity index (χ4n) is 2.82. The molecule has 0 amide bonds. The molecule has 1 heterocycles. The number of piperazine rings is 1. The quantitative estimate of drug-likeness (QED) is 0.341. The fourth-order valence-corrected chi connectivity index (χ4v) is 2.82. The molecule has 1 fully saturated rings. The minimum absolute atomic E-state index is 0.0718. The van der Waals surface area contributed by atoms with Crippen molar-refractivity contribution in [3.8, 4) is 17.9 Å². The number of hydrogen-bond acceptors (Lipinski definition) is 8. The number of anilines is 1. The lowest BCUT2D eigenvalue weighted by atomic mass is 10.1. The molecule has 146 valence electrons. The first-order valence-electron chi connectivity index (χ1n) is 8.86. The van der Waals surface area contributed by atoms with Crippen molar-refractivity contribution in [2.75, 3.05) is 44.8 Å². The molecule has 1 aromatic rings. The number of ether oxygens (including phenoxy) is 2. The van der Waals surface area contributed by atoms with Gasteiger partial charge in [0.25, 0.3) is 0 Å². The summed E-state index contributed by atoms with van der Waals surface area (Å²) >= 11 is 0. The van der Waals surface area contributed by atoms with E-state index in [1.807, 2.05) is 35.2 Å². The van der Waals surface area contributed by atoms with Crippen molar-refractivity contribution in [1.82, 2.24) is 4.90 Å². The molecule has 0 unspecified atom stereocenters. The molecule has 0 radical (unpaired) electrons. The molecule has 0 saturated carbocycles. The van der Waals surface area contributed by atoms with Gasteiger partial charge in [-0.05, 0) is 37.3 Å². The van der Waals surface area contributed by atoms with Crippen molar-refractivity contribution in [3.63, 3.8) is 0 Å². The van der Waals surface area contributed by atoms with E-state index in [1.165, 1.54) is 6.08 Å². The van der Waals surface area contributed by atoms with Gasteiger partial charge in [-0.1, -0.05) is 0 Å². The van der Waals surface area contributed by atoms with Crippen molar-refractivity contribution < 1.29 is 14.3 Å². The second-order valence-electron chi connectivity index (χ2n) is 5.97. The number of allylic oxidation sites excluding steroid dienone is 2. The van der Waals surface area contributed by atoms with Gasteiger partial charge >= 0.3 is 5.97 Å². The molecule has 0 atom stereocenters. The Morgan fingerprint density at radius 1 is 1.18 bits per heavy atom. The fraction of sp³-hybridized carbons (Fsp3) is 0.350. The maximum Gasteiger partial charge on any atom is 0.348 e. The number of carbonyl (C=O) groups excluding carboxylic acids is 1. The number of nitrogens with two attached hydrogens (primary N) is 1. The highest BCUT2D eigenvalue weighted by atomic mass is 16.5. The average Bonchev–Trinajstić information content (AvgIpc) is 2.74. The third-order valence-corrected chi connectivity index (χ3v) is 4.36. The maximum absolute atomic E-state index is 11.8. The largest absolute Gasteiger partial charge is 0.497 e. The minimum Gasteiger partial charge on any atom is -0.497 e. The maximum atomic E-state index is 11.8. The molecule has 1 aromatic carbocycles. The highest BCUT2D eigenvalue weighted by molar-refractivity contribution is 5.93. The topological polar surface area (TPSA) is 116 Å². The van der Waals surface area contributed by atoms with Gasteiger partial charge in [-0.2, -0.15) is 10.5 Å². The molecule has 1 aliphatic heterocycles. The SMILES string of the molecule is CCOC(=O)C(C#N)=CC(C#N)=C(N)N1CCN(c2ccc(OC)cc2)CC1. The van der Waals surface area contributed by atoms with E-state index in [0.29, 0.717) is 13.1 Å². The van der Waals surface area contributed by atoms with Crippen molar-refractivity contribution >= 4 is 11.7 Å². The molecule has 0 bridgehead atoms. The van der Waals surface area contributed by atoms with Crippen LogP contribution in [-0.4, -0.2) is 50.8 Å². The van der Waals surface area contributed by atoms with E-state index in [2.05, 4.69) is 4.90 Å². The van der Waals surface area contributed by atoms with E-state index in [4.69, 9.17) is 20.5 Å². The third kappa shape index (κ3) is 4.95. The number of nitrogens with zero attached hydrogens (tertiary/aromatic N) is 4. The summed E-state index contributed by atoms with van der Waals surface area (Å²) in [6, 6.07) is 11.5. The Labute approximate surface area is 164 Å². The second-order valence-corrected chi connectivity index (χ2v) is 5.97. The van der Waals surface area contributed by atoms with Crippen LogP contribution in [-0.2, 0) is 9.53 Å². The van der Waals surface area contributed by atoms with E-state index in [0.717, 1.165) is 24.5 Å². The first-order valence-corrected chi connectivity index (χ1v) is 8.86. The molecule has 0 spiro atoms. The molecular formula is C20H23N5O3. The Morgan fingerprint density at radius 3 is 2.32 bits per heavy atom. The number of carbonyl (C=O) groups is 1. The third-order valence-electron chi connectivity index (χ3n) is 4.36. The zero-order valence-electron chi connectivity index (χ0n) is 16.0. The summed E-state index contributed by atoms with van der Waals surface area (Å²) in [6.45, 7) is 4.45. The number of methoxy groups -OCH3 is 1. The Hall–Kier alpha value is -3.65. The predicted octanol–water partition coefficient (Wildman–Crippen LogP) is 1.52. The number of nitriles is 2. The molecule has 0 aromatic heterocycles. The highest BCUT2D eigenvalue weighted by Crippen LogP contribution is 2.21. The molecule has 1 saturated heterocycles. The van der Waals surface area contributed by atoms with Crippen LogP contribution in [0, 0.1) is 22.7 Å². The van der Waals surface area contributed by atoms with Crippen LogP contribution < -0.4 is 15.4 Å². The average molecular weight is 381 g/mol. The Morgan fingerprint density at radius 2 is 1.82 bits per heavy atom. The van der Waals surface area contributed by atoms with Crippen molar-refractivity contribution in [1.29, 1.82) is 10.5 Å². The van der Waals surface area contributed by atoms with E-state index < -0.39 is 5.97 Å². The Balaban J connectivity index is 2.11. The molecule has 0 aliphatic carbocycles. The minimum atomic E-state index is -0.769. The summed E-state index contributed by atoms with van der Waals surface area (Å²) in [5, 5.41) is 18.6. The Kier molecular flexibility index (Phi) is 7.29. The van der Waals surface area contributed by atoms with Crippen LogP contribution in [0.1, 0.15) is 6.92 Å². The van der Waals surface area contributed by atoms with Gasteiger partial charge in [-0.15, -0.1) is 0 Å². The van der Waals surface area contributed by atoms with Crippen LogP contribution in [0.2, 0.25) is 0 Å². The molecule has 1 aliphatic rings. The normalized spacial score (nSPS) is 15.2. The van der Waals surface area contributed by atoms with Gasteiger partial charge in [-0.25, -0.2) is 4.79 Å². The molecule has 8 heteroatoms. The lowest BCUT2D eigenvalue weighted by Gasteiger charge is -2.37. The van der Waals surface area contributed by atoms with E-state index in [9.17, 15) is 10.1 Å². The van der Waals surface area contributed by atoms with Crippen LogP contribution >= 0.6 is 0 Å². The summed E-state index contributed by atoms with van der Waals surface area (Å²) in [4.78, 5) is 15.8. The van der Waals surface area contributed by atoms with Gasteiger partial charge < -0.3 is 25.0 Å². The Bertz CT molecular complexity index is 838. The smallest absolute Gasteiger partial charge is 0.348 e. The molecule has 2 N–H and O–H groups in total. The highest BCUT2D eigenvalue weighted by Gasteiger charge is 2.20. The van der Waals surface area contributed by atoms with Gasteiger partial charge in [0, 0.05) is 31.9 Å². The summed E-state index contributed by atoms with van der Waals surface area (Å²) in [5.41, 5.74) is 7.05. The lowest BCUT2D eigenvalue weighted by molar-refractivity contribution is -0.138. The van der Waals surface area contributed by atoms with Gasteiger partial charge in [0.15, 0.2) is 0 Å². The summed E-state index contributed by atoms with van der Waals surface area (Å²) in [5.74, 6) is 0.277. The summed E-state index contributed by atoms with van der Waals surface area (Å²) in [6.07, 6.45) is 1.18. The van der Waals surface area contributed by atoms with Gasteiger partial charge in [0.05, 0.1) is 19.3 Å². The van der Waals surface area contributed by atoms with Gasteiger partial charge in [0.2, 0.25) is 0 Å². The first-order chi connectivity index (χ1) is 13.5. The molecule has 2 rings (SSSR count). The van der Waals surface area contributed by atoms with Crippen molar-refractivity contribution in [2.24, 2.45) is 5.73 Å². The van der Waals surface area contributed by atoms with Gasteiger partial charge in [-0.3, -0.25) is 0 Å². The van der Waals surface area contributed by atoms with E-state index in [1.54, 1.807) is 20.1 Å². The predicted molar refractivity (Wildman–Crippen MR) is 104 cm³/mol. The standard InChI is InChI=1S/C20H23N5O3/c1-3-28-20(26)16(14-22)12-15(13-21)19(23)25-10-8-24(9-11-25)17-4-6-18(27-2)7-5-17/h4-7,12H,3,8-11,23H2,1-2H3. The van der Waals surface area contributed by atoms with Crippen LogP contribution in [0.5, 0.6) is 5.75 Å². The van der Waals surface area contributed by atoms with Gasteiger partial charge in [0.1, 0.15) is 29.3 Å². The zero-order chi connectivity index (χ0) is 20.5. The second kappa shape index (κ2) is 9.89. The monoisotopic (exact) mass is 381 g/mol. The van der Waals surface area contributed by atoms with Crippen molar-refractivity contribution in [2.45, 2.75) is 6.92 Å². The van der Waals surface area contributed by atoms with Crippen molar-refractivity contribution in [3.05, 3.63) is 47.3 Å². The van der Waals surface area contributed by atoms with Crippen LogP contribution in [0.15, 0.2) is 47.3 Å².